The molecule has 0 aliphatic heterocycles. The van der Waals surface area contributed by atoms with E-state index in [4.69, 9.17) is 0 Å². The average Bonchev–Trinajstić information content (AvgIpc) is 3.46. The van der Waals surface area contributed by atoms with Gasteiger partial charge in [0.05, 0.1) is 21.0 Å². The van der Waals surface area contributed by atoms with Gasteiger partial charge in [-0.2, -0.15) is 5.10 Å². The highest BCUT2D eigenvalue weighted by atomic mass is 32.1. The van der Waals surface area contributed by atoms with E-state index in [9.17, 15) is 9.59 Å². The molecule has 2 saturated carbocycles. The van der Waals surface area contributed by atoms with Crippen LogP contribution in [0.25, 0.3) is 26.9 Å². The number of aryl methyl sites for hydroxylation is 1. The van der Waals surface area contributed by atoms with Crippen molar-refractivity contribution in [3.05, 3.63) is 81.7 Å². The molecule has 0 bridgehead atoms. The van der Waals surface area contributed by atoms with Crippen molar-refractivity contribution in [2.75, 3.05) is 0 Å². The summed E-state index contributed by atoms with van der Waals surface area (Å²) < 4.78 is 1.88. The number of amides is 1. The molecule has 4 heterocycles. The predicted octanol–water partition coefficient (Wildman–Crippen LogP) is 4.46. The minimum absolute atomic E-state index is 0.127. The van der Waals surface area contributed by atoms with Gasteiger partial charge in [-0.1, -0.05) is 18.2 Å². The summed E-state index contributed by atoms with van der Waals surface area (Å²) in [7, 11) is 0. The van der Waals surface area contributed by atoms with E-state index in [1.807, 2.05) is 60.1 Å². The van der Waals surface area contributed by atoms with Crippen LogP contribution in [0.3, 0.4) is 0 Å². The van der Waals surface area contributed by atoms with Crippen LogP contribution in [0.15, 0.2) is 59.8 Å². The van der Waals surface area contributed by atoms with E-state index in [0.29, 0.717) is 17.0 Å². The zero-order valence-corrected chi connectivity index (χ0v) is 20.5. The predicted molar refractivity (Wildman–Crippen MR) is 138 cm³/mol. The number of carbonyl (C=O) groups excluding carboxylic acids is 1. The number of H-pyrrole nitrogens is 1. The third-order valence-corrected chi connectivity index (χ3v) is 8.73. The lowest BCUT2D eigenvalue weighted by Crippen LogP contribution is -2.55. The molecule has 2 fully saturated rings. The molecule has 4 aromatic heterocycles. The van der Waals surface area contributed by atoms with Gasteiger partial charge >= 0.3 is 0 Å². The lowest BCUT2D eigenvalue weighted by molar-refractivity contribution is -0.0197. The van der Waals surface area contributed by atoms with Crippen LogP contribution in [0.1, 0.15) is 52.8 Å². The van der Waals surface area contributed by atoms with Crippen molar-refractivity contribution in [2.45, 2.75) is 44.6 Å². The molecular weight excluding hydrogens is 472 g/mol. The van der Waals surface area contributed by atoms with Crippen LogP contribution in [0.5, 0.6) is 0 Å². The van der Waals surface area contributed by atoms with Crippen LogP contribution < -0.4 is 10.9 Å². The highest BCUT2D eigenvalue weighted by Gasteiger charge is 2.54. The number of nitrogens with one attached hydrogen (secondary N) is 2. The van der Waals surface area contributed by atoms with Gasteiger partial charge in [-0.3, -0.25) is 9.59 Å². The second-order valence-electron chi connectivity index (χ2n) is 10.2. The number of aromatic amines is 1. The number of carbonyl (C=O) groups is 1. The van der Waals surface area contributed by atoms with Crippen molar-refractivity contribution < 1.29 is 4.79 Å². The number of rotatable bonds is 4. The molecule has 9 heteroatoms. The van der Waals surface area contributed by atoms with Gasteiger partial charge in [-0.25, -0.2) is 15.1 Å². The van der Waals surface area contributed by atoms with Crippen LogP contribution in [0.4, 0.5) is 0 Å². The van der Waals surface area contributed by atoms with Crippen molar-refractivity contribution in [1.29, 1.82) is 0 Å². The van der Waals surface area contributed by atoms with Crippen molar-refractivity contribution in [3.63, 3.8) is 0 Å². The SMILES string of the molecule is Cc1ncc(-c2ccn3cc(C(=O)NC4CC5(C4)CC(c4n[nH]c(=O)c6ccccc46)C5)nc3c2)s1. The molecule has 0 atom stereocenters. The summed E-state index contributed by atoms with van der Waals surface area (Å²) in [4.78, 5) is 35.0. The molecule has 7 rings (SSSR count). The molecule has 0 radical (unpaired) electrons. The monoisotopic (exact) mass is 496 g/mol. The summed E-state index contributed by atoms with van der Waals surface area (Å²) in [6, 6.07) is 11.8. The molecule has 2 aliphatic rings. The second-order valence-corrected chi connectivity index (χ2v) is 11.5. The molecule has 1 spiro atoms. The number of fused-ring (bicyclic) bond motifs is 2. The summed E-state index contributed by atoms with van der Waals surface area (Å²) in [6.07, 6.45) is 9.61. The van der Waals surface area contributed by atoms with Crippen molar-refractivity contribution in [1.82, 2.24) is 29.9 Å². The normalized spacial score (nSPS) is 23.0. The number of imidazole rings is 1. The first-order chi connectivity index (χ1) is 17.5. The molecule has 2 N–H and O–H groups in total. The van der Waals surface area contributed by atoms with Crippen LogP contribution >= 0.6 is 11.3 Å². The van der Waals surface area contributed by atoms with E-state index >= 15 is 0 Å². The van der Waals surface area contributed by atoms with Crippen LogP contribution in [-0.4, -0.2) is 36.5 Å². The van der Waals surface area contributed by atoms with Crippen LogP contribution in [0, 0.1) is 12.3 Å². The standard InChI is InChI=1S/C27H24N6O2S/c1-15-28-13-22(36-15)16-6-7-33-14-21(30-23(33)8-16)26(35)29-18-11-27(12-18)9-17(10-27)24-19-4-2-3-5-20(19)25(34)32-31-24/h2-8,13-14,17-18H,9-12H2,1H3,(H,29,35)(H,32,34). The van der Waals surface area contributed by atoms with Crippen molar-refractivity contribution >= 4 is 33.7 Å². The average molecular weight is 497 g/mol. The summed E-state index contributed by atoms with van der Waals surface area (Å²) in [5.74, 6) is 0.219. The Kier molecular flexibility index (Phi) is 4.66. The Morgan fingerprint density at radius 2 is 1.97 bits per heavy atom. The molecule has 1 aromatic carbocycles. The molecule has 0 saturated heterocycles. The summed E-state index contributed by atoms with van der Waals surface area (Å²) in [6.45, 7) is 1.99. The lowest BCUT2D eigenvalue weighted by Gasteiger charge is -2.57. The van der Waals surface area contributed by atoms with Gasteiger partial charge in [0.2, 0.25) is 0 Å². The second kappa shape index (κ2) is 7.83. The van der Waals surface area contributed by atoms with Gasteiger partial charge in [0, 0.05) is 35.9 Å². The summed E-state index contributed by atoms with van der Waals surface area (Å²) in [5, 5.41) is 12.9. The third-order valence-electron chi connectivity index (χ3n) is 7.76. The van der Waals surface area contributed by atoms with Crippen molar-refractivity contribution in [3.8, 4) is 10.4 Å². The Balaban J connectivity index is 1.00. The number of pyridine rings is 1. The maximum absolute atomic E-state index is 12.9. The van der Waals surface area contributed by atoms with Gasteiger partial charge in [0.1, 0.15) is 11.3 Å². The van der Waals surface area contributed by atoms with E-state index < -0.39 is 0 Å². The fourth-order valence-electron chi connectivity index (χ4n) is 6.05. The molecule has 36 heavy (non-hydrogen) atoms. The van der Waals surface area contributed by atoms with E-state index in [2.05, 4.69) is 25.5 Å². The maximum atomic E-state index is 12.9. The number of aromatic nitrogens is 5. The van der Waals surface area contributed by atoms with Gasteiger partial charge in [0.15, 0.2) is 0 Å². The molecule has 2 aliphatic carbocycles. The van der Waals surface area contributed by atoms with Crippen LogP contribution in [0.2, 0.25) is 0 Å². The zero-order chi connectivity index (χ0) is 24.4. The number of benzene rings is 1. The lowest BCUT2D eigenvalue weighted by atomic mass is 9.49. The third kappa shape index (κ3) is 3.45. The van der Waals surface area contributed by atoms with Gasteiger partial charge < -0.3 is 9.72 Å². The minimum atomic E-state index is -0.142. The van der Waals surface area contributed by atoms with E-state index in [1.54, 1.807) is 17.5 Å². The number of thiazole rings is 1. The fourth-order valence-corrected chi connectivity index (χ4v) is 6.82. The fraction of sp³-hybridized carbons (Fsp3) is 0.296. The smallest absolute Gasteiger partial charge is 0.272 e. The van der Waals surface area contributed by atoms with Gasteiger partial charge in [-0.05, 0) is 61.8 Å². The Morgan fingerprint density at radius 1 is 1.17 bits per heavy atom. The highest BCUT2D eigenvalue weighted by Crippen LogP contribution is 2.62. The van der Waals surface area contributed by atoms with Gasteiger partial charge in [0.25, 0.3) is 11.5 Å². The molecule has 5 aromatic rings. The summed E-state index contributed by atoms with van der Waals surface area (Å²) in [5.41, 5.74) is 3.34. The number of nitrogens with zero attached hydrogens (tertiary/aromatic N) is 4. The Bertz CT molecular complexity index is 1700. The molecule has 0 unspecified atom stereocenters. The largest absolute Gasteiger partial charge is 0.348 e. The Morgan fingerprint density at radius 3 is 2.75 bits per heavy atom. The number of hydrogen-bond donors (Lipinski definition) is 2. The molecular formula is C27H24N6O2S. The Labute approximate surface area is 210 Å². The van der Waals surface area contributed by atoms with Gasteiger partial charge in [-0.15, -0.1) is 11.3 Å². The van der Waals surface area contributed by atoms with Crippen LogP contribution in [-0.2, 0) is 0 Å². The summed E-state index contributed by atoms with van der Waals surface area (Å²) >= 11 is 1.64. The van der Waals surface area contributed by atoms with E-state index in [1.165, 1.54) is 0 Å². The Hall–Kier alpha value is -3.85. The zero-order valence-electron chi connectivity index (χ0n) is 19.7. The highest BCUT2D eigenvalue weighted by molar-refractivity contribution is 7.15. The molecule has 180 valence electrons. The first-order valence-corrected chi connectivity index (χ1v) is 13.0. The van der Waals surface area contributed by atoms with Crippen molar-refractivity contribution in [2.24, 2.45) is 5.41 Å². The molecule has 1 amide bonds. The quantitative estimate of drug-likeness (QED) is 0.382. The van der Waals surface area contributed by atoms with E-state index in [-0.39, 0.29) is 22.9 Å². The minimum Gasteiger partial charge on any atom is -0.348 e. The number of hydrogen-bond acceptors (Lipinski definition) is 6. The topological polar surface area (TPSA) is 105 Å². The molecule has 8 nitrogen and oxygen atoms in total. The first-order valence-electron chi connectivity index (χ1n) is 12.2. The van der Waals surface area contributed by atoms with E-state index in [0.717, 1.165) is 57.9 Å². The first kappa shape index (κ1) is 21.4. The maximum Gasteiger partial charge on any atom is 0.272 e.